The van der Waals surface area contributed by atoms with Gasteiger partial charge in [-0.05, 0) is 28.1 Å². The van der Waals surface area contributed by atoms with Gasteiger partial charge in [-0.25, -0.2) is 8.78 Å². The Morgan fingerprint density at radius 3 is 2.65 bits per heavy atom. The van der Waals surface area contributed by atoms with E-state index in [1.807, 2.05) is 0 Å². The van der Waals surface area contributed by atoms with E-state index < -0.39 is 11.6 Å². The van der Waals surface area contributed by atoms with Crippen molar-refractivity contribution in [1.29, 1.82) is 0 Å². The van der Waals surface area contributed by atoms with Gasteiger partial charge >= 0.3 is 0 Å². The van der Waals surface area contributed by atoms with Gasteiger partial charge in [-0.15, -0.1) is 0 Å². The molecule has 0 unspecified atom stereocenters. The summed E-state index contributed by atoms with van der Waals surface area (Å²) in [4.78, 5) is 0. The first-order valence-electron chi connectivity index (χ1n) is 5.71. The van der Waals surface area contributed by atoms with Gasteiger partial charge in [-0.3, -0.25) is 0 Å². The molecule has 0 spiro atoms. The van der Waals surface area contributed by atoms with Crippen molar-refractivity contribution in [3.8, 4) is 11.5 Å². The van der Waals surface area contributed by atoms with Crippen LogP contribution in [0, 0.1) is 11.6 Å². The number of hydrogen-bond donors (Lipinski definition) is 1. The Labute approximate surface area is 123 Å². The fraction of sp³-hybridized carbons (Fsp3) is 0.143. The number of nitrogens with two attached hydrogens (primary N) is 1. The maximum absolute atomic E-state index is 13.9. The summed E-state index contributed by atoms with van der Waals surface area (Å²) in [5, 5.41) is 0. The van der Waals surface area contributed by atoms with Crippen molar-refractivity contribution < 1.29 is 18.3 Å². The van der Waals surface area contributed by atoms with Crippen LogP contribution in [0.1, 0.15) is 5.56 Å². The number of rotatable bonds is 4. The minimum Gasteiger partial charge on any atom is -0.494 e. The first kappa shape index (κ1) is 14.6. The van der Waals surface area contributed by atoms with Crippen LogP contribution < -0.4 is 15.2 Å². The molecule has 2 N–H and O–H groups in total. The SMILES string of the molecule is COc1cccc(COc2cc(F)c(Br)cc2N)c1F. The molecule has 0 aromatic heterocycles. The van der Waals surface area contributed by atoms with E-state index in [0.717, 1.165) is 6.07 Å². The lowest BCUT2D eigenvalue weighted by Crippen LogP contribution is -2.02. The summed E-state index contributed by atoms with van der Waals surface area (Å²) in [5.41, 5.74) is 6.27. The summed E-state index contributed by atoms with van der Waals surface area (Å²) < 4.78 is 37.8. The Bertz CT molecular complexity index is 635. The second-order valence-corrected chi connectivity index (χ2v) is 4.88. The Hall–Kier alpha value is -1.82. The van der Waals surface area contributed by atoms with Crippen molar-refractivity contribution >= 4 is 21.6 Å². The molecular weight excluding hydrogens is 332 g/mol. The second-order valence-electron chi connectivity index (χ2n) is 4.03. The van der Waals surface area contributed by atoms with E-state index in [-0.39, 0.29) is 28.3 Å². The summed E-state index contributed by atoms with van der Waals surface area (Å²) in [7, 11) is 1.38. The van der Waals surface area contributed by atoms with Crippen LogP contribution in [0.4, 0.5) is 14.5 Å². The summed E-state index contributed by atoms with van der Waals surface area (Å²) in [5.74, 6) is -0.722. The highest BCUT2D eigenvalue weighted by Crippen LogP contribution is 2.29. The standard InChI is InChI=1S/C14H12BrF2NO2/c1-19-12-4-2-3-8(14(12)17)7-20-13-6-10(16)9(15)5-11(13)18/h2-6H,7,18H2,1H3. The van der Waals surface area contributed by atoms with Gasteiger partial charge in [0, 0.05) is 11.6 Å². The minimum atomic E-state index is -0.508. The van der Waals surface area contributed by atoms with E-state index in [1.165, 1.54) is 19.2 Å². The summed E-state index contributed by atoms with van der Waals surface area (Å²) in [6.07, 6.45) is 0. The molecule has 3 nitrogen and oxygen atoms in total. The van der Waals surface area contributed by atoms with E-state index in [4.69, 9.17) is 15.2 Å². The molecule has 0 fully saturated rings. The first-order chi connectivity index (χ1) is 9.52. The molecule has 0 bridgehead atoms. The fourth-order valence-corrected chi connectivity index (χ4v) is 2.01. The molecule has 2 rings (SSSR count). The lowest BCUT2D eigenvalue weighted by Gasteiger charge is -2.11. The van der Waals surface area contributed by atoms with Crippen molar-refractivity contribution in [3.05, 3.63) is 52.0 Å². The minimum absolute atomic E-state index is 0.0751. The molecule has 0 radical (unpaired) electrons. The molecule has 0 saturated carbocycles. The van der Waals surface area contributed by atoms with Crippen LogP contribution in [0.3, 0.4) is 0 Å². The smallest absolute Gasteiger partial charge is 0.171 e. The fourth-order valence-electron chi connectivity index (χ4n) is 1.65. The molecule has 6 heteroatoms. The number of benzene rings is 2. The lowest BCUT2D eigenvalue weighted by atomic mass is 10.2. The Morgan fingerprint density at radius 2 is 1.95 bits per heavy atom. The third-order valence-corrected chi connectivity index (χ3v) is 3.31. The molecule has 0 aliphatic heterocycles. The number of anilines is 1. The van der Waals surface area contributed by atoms with Crippen molar-refractivity contribution in [2.24, 2.45) is 0 Å². The van der Waals surface area contributed by atoms with Gasteiger partial charge in [0.1, 0.15) is 18.2 Å². The molecule has 106 valence electrons. The zero-order valence-corrected chi connectivity index (χ0v) is 12.2. The van der Waals surface area contributed by atoms with E-state index in [9.17, 15) is 8.78 Å². The third kappa shape index (κ3) is 3.01. The lowest BCUT2D eigenvalue weighted by molar-refractivity contribution is 0.296. The molecule has 2 aromatic rings. The van der Waals surface area contributed by atoms with Crippen molar-refractivity contribution in [3.63, 3.8) is 0 Å². The molecule has 2 aromatic carbocycles. The number of ether oxygens (including phenoxy) is 2. The van der Waals surface area contributed by atoms with E-state index in [1.54, 1.807) is 12.1 Å². The highest BCUT2D eigenvalue weighted by molar-refractivity contribution is 9.10. The normalized spacial score (nSPS) is 10.4. The van der Waals surface area contributed by atoms with Crippen molar-refractivity contribution in [2.75, 3.05) is 12.8 Å². The Balaban J connectivity index is 2.19. The van der Waals surface area contributed by atoms with Gasteiger partial charge in [0.05, 0.1) is 17.3 Å². The van der Waals surface area contributed by atoms with Crippen LogP contribution in [-0.2, 0) is 6.61 Å². The van der Waals surface area contributed by atoms with Crippen LogP contribution in [-0.4, -0.2) is 7.11 Å². The Kier molecular flexibility index (Phi) is 4.44. The van der Waals surface area contributed by atoms with Gasteiger partial charge in [0.25, 0.3) is 0 Å². The van der Waals surface area contributed by atoms with Crippen LogP contribution in [0.5, 0.6) is 11.5 Å². The summed E-state index contributed by atoms with van der Waals surface area (Å²) in [6.45, 7) is -0.0751. The third-order valence-electron chi connectivity index (χ3n) is 2.70. The maximum Gasteiger partial charge on any atom is 0.171 e. The molecule has 0 atom stereocenters. The van der Waals surface area contributed by atoms with Crippen LogP contribution >= 0.6 is 15.9 Å². The average molecular weight is 344 g/mol. The number of halogens is 3. The molecular formula is C14H12BrF2NO2. The molecule has 0 aliphatic carbocycles. The van der Waals surface area contributed by atoms with Gasteiger partial charge in [0.2, 0.25) is 0 Å². The van der Waals surface area contributed by atoms with E-state index >= 15 is 0 Å². The van der Waals surface area contributed by atoms with Crippen LogP contribution in [0.25, 0.3) is 0 Å². The van der Waals surface area contributed by atoms with Gasteiger partial charge < -0.3 is 15.2 Å². The number of nitrogen functional groups attached to an aromatic ring is 1. The van der Waals surface area contributed by atoms with E-state index in [2.05, 4.69) is 15.9 Å². The monoisotopic (exact) mass is 343 g/mol. The van der Waals surface area contributed by atoms with E-state index in [0.29, 0.717) is 5.56 Å². The number of hydrogen-bond acceptors (Lipinski definition) is 3. The summed E-state index contributed by atoms with van der Waals surface area (Å²) in [6, 6.07) is 7.26. The zero-order chi connectivity index (χ0) is 14.7. The molecule has 0 saturated heterocycles. The molecule has 0 aliphatic rings. The second kappa shape index (κ2) is 6.09. The van der Waals surface area contributed by atoms with Crippen molar-refractivity contribution in [2.45, 2.75) is 6.61 Å². The van der Waals surface area contributed by atoms with Gasteiger partial charge in [-0.2, -0.15) is 0 Å². The molecule has 0 amide bonds. The molecule has 20 heavy (non-hydrogen) atoms. The highest BCUT2D eigenvalue weighted by atomic mass is 79.9. The van der Waals surface area contributed by atoms with Crippen molar-refractivity contribution in [1.82, 2.24) is 0 Å². The largest absolute Gasteiger partial charge is 0.494 e. The topological polar surface area (TPSA) is 44.5 Å². The quantitative estimate of drug-likeness (QED) is 0.856. The first-order valence-corrected chi connectivity index (χ1v) is 6.51. The van der Waals surface area contributed by atoms with Crippen LogP contribution in [0.15, 0.2) is 34.8 Å². The van der Waals surface area contributed by atoms with Gasteiger partial charge in [-0.1, -0.05) is 12.1 Å². The molecule has 0 heterocycles. The summed E-state index contributed by atoms with van der Waals surface area (Å²) >= 11 is 3.02. The predicted octanol–water partition coefficient (Wildman–Crippen LogP) is 3.90. The maximum atomic E-state index is 13.9. The highest BCUT2D eigenvalue weighted by Gasteiger charge is 2.11. The average Bonchev–Trinajstić information content (AvgIpc) is 2.43. The van der Waals surface area contributed by atoms with Crippen LogP contribution in [0.2, 0.25) is 0 Å². The Morgan fingerprint density at radius 1 is 1.20 bits per heavy atom. The van der Waals surface area contributed by atoms with Gasteiger partial charge in [0.15, 0.2) is 11.6 Å². The predicted molar refractivity (Wildman–Crippen MR) is 75.8 cm³/mol. The zero-order valence-electron chi connectivity index (χ0n) is 10.6. The number of methoxy groups -OCH3 is 1.